The molecule has 3 aromatic heterocycles. The van der Waals surface area contributed by atoms with Crippen LogP contribution in [0.3, 0.4) is 0 Å². The van der Waals surface area contributed by atoms with Gasteiger partial charge in [-0.2, -0.15) is 0 Å². The Kier molecular flexibility index (Phi) is 5.61. The summed E-state index contributed by atoms with van der Waals surface area (Å²) in [6, 6.07) is 10.4. The van der Waals surface area contributed by atoms with Crippen LogP contribution in [-0.4, -0.2) is 25.8 Å². The van der Waals surface area contributed by atoms with E-state index in [1.807, 2.05) is 32.9 Å². The number of hydrogen-bond donors (Lipinski definition) is 1. The van der Waals surface area contributed by atoms with Crippen LogP contribution in [0.1, 0.15) is 37.2 Å². The largest absolute Gasteiger partial charge is 0.325 e. The van der Waals surface area contributed by atoms with Crippen molar-refractivity contribution in [3.05, 3.63) is 52.7 Å². The molecule has 5 nitrogen and oxygen atoms in total. The average molecular weight is 425 g/mol. The maximum atomic E-state index is 13.0. The Balaban J connectivity index is 1.65. The zero-order valence-corrected chi connectivity index (χ0v) is 18.7. The van der Waals surface area contributed by atoms with Crippen LogP contribution in [0, 0.1) is 13.8 Å². The molecule has 4 aromatic rings. The van der Waals surface area contributed by atoms with Crippen LogP contribution in [0.2, 0.25) is 0 Å². The maximum absolute atomic E-state index is 13.0. The van der Waals surface area contributed by atoms with Gasteiger partial charge in [-0.1, -0.05) is 37.7 Å². The topological polar surface area (TPSA) is 59.3 Å². The lowest BCUT2D eigenvalue weighted by molar-refractivity contribution is -0.115. The fourth-order valence-corrected chi connectivity index (χ4v) is 5.18. The van der Waals surface area contributed by atoms with Crippen LogP contribution in [0.5, 0.6) is 0 Å². The average Bonchev–Trinajstić information content (AvgIpc) is 3.30. The predicted octanol–water partition coefficient (Wildman–Crippen LogP) is 5.63. The van der Waals surface area contributed by atoms with Crippen molar-refractivity contribution >= 4 is 50.4 Å². The van der Waals surface area contributed by atoms with Crippen LogP contribution in [-0.2, 0) is 11.2 Å². The van der Waals surface area contributed by atoms with Crippen LogP contribution in [0.25, 0.3) is 15.7 Å². The molecule has 0 unspecified atom stereocenters. The summed E-state index contributed by atoms with van der Waals surface area (Å²) in [6.45, 7) is 8.15. The second-order valence-electron chi connectivity index (χ2n) is 7.13. The lowest BCUT2D eigenvalue weighted by atomic mass is 10.1. The zero-order chi connectivity index (χ0) is 20.5. The number of carbonyl (C=O) groups excluding carboxylic acids is 1. The molecule has 4 rings (SSSR count). The van der Waals surface area contributed by atoms with Gasteiger partial charge in [-0.15, -0.1) is 21.5 Å². The van der Waals surface area contributed by atoms with Crippen LogP contribution < -0.4 is 5.32 Å². The smallest absolute Gasteiger partial charge is 0.237 e. The van der Waals surface area contributed by atoms with Crippen molar-refractivity contribution in [1.29, 1.82) is 0 Å². The molecule has 0 aliphatic carbocycles. The van der Waals surface area contributed by atoms with Gasteiger partial charge >= 0.3 is 0 Å². The number of hydrogen-bond acceptors (Lipinski definition) is 5. The van der Waals surface area contributed by atoms with E-state index in [-0.39, 0.29) is 11.2 Å². The molecule has 0 fully saturated rings. The van der Waals surface area contributed by atoms with Gasteiger partial charge in [0.2, 0.25) is 5.91 Å². The first-order valence-corrected chi connectivity index (χ1v) is 11.6. The molecule has 3 heterocycles. The number of benzene rings is 1. The lowest BCUT2D eigenvalue weighted by Crippen LogP contribution is -2.25. The quantitative estimate of drug-likeness (QED) is 0.407. The predicted molar refractivity (Wildman–Crippen MR) is 122 cm³/mol. The number of rotatable bonds is 6. The Morgan fingerprint density at radius 2 is 2.00 bits per heavy atom. The summed E-state index contributed by atoms with van der Waals surface area (Å²) in [6.07, 6.45) is 1.51. The molecular formula is C22H24N4OS2. The molecule has 1 N–H and O–H groups in total. The first-order chi connectivity index (χ1) is 14.0. The van der Waals surface area contributed by atoms with Crippen LogP contribution in [0.15, 0.2) is 40.7 Å². The minimum absolute atomic E-state index is 0.000846. The molecule has 0 aliphatic rings. The molecule has 0 bridgehead atoms. The zero-order valence-electron chi connectivity index (χ0n) is 17.0. The van der Waals surface area contributed by atoms with E-state index in [4.69, 9.17) is 0 Å². The van der Waals surface area contributed by atoms with E-state index in [9.17, 15) is 4.79 Å². The Morgan fingerprint density at radius 3 is 2.76 bits per heavy atom. The van der Waals surface area contributed by atoms with E-state index >= 15 is 0 Å². The Morgan fingerprint density at radius 1 is 1.17 bits per heavy atom. The number of carbonyl (C=O) groups is 1. The molecule has 0 radical (unpaired) electrons. The van der Waals surface area contributed by atoms with E-state index in [0.717, 1.165) is 45.1 Å². The molecule has 0 spiro atoms. The van der Waals surface area contributed by atoms with Gasteiger partial charge in [-0.05, 0) is 55.0 Å². The molecule has 7 heteroatoms. The van der Waals surface area contributed by atoms with E-state index in [0.29, 0.717) is 6.42 Å². The fourth-order valence-electron chi connectivity index (χ4n) is 3.41. The Labute approximate surface area is 178 Å². The van der Waals surface area contributed by atoms with Crippen molar-refractivity contribution in [3.8, 4) is 0 Å². The number of amides is 1. The summed E-state index contributed by atoms with van der Waals surface area (Å²) in [5.74, 6) is 0.935. The highest BCUT2D eigenvalue weighted by Gasteiger charge is 2.22. The second kappa shape index (κ2) is 8.16. The van der Waals surface area contributed by atoms with Crippen LogP contribution in [0.4, 0.5) is 5.69 Å². The number of thiophene rings is 1. The summed E-state index contributed by atoms with van der Waals surface area (Å²) in [7, 11) is 0. The number of nitrogens with one attached hydrogen (secondary N) is 1. The monoisotopic (exact) mass is 424 g/mol. The molecule has 0 saturated carbocycles. The molecule has 29 heavy (non-hydrogen) atoms. The van der Waals surface area contributed by atoms with Crippen molar-refractivity contribution in [3.63, 3.8) is 0 Å². The number of nitrogens with zero attached hydrogens (tertiary/aromatic N) is 3. The number of fused-ring (bicyclic) bond motifs is 3. The number of anilines is 1. The fraction of sp³-hybridized carbons (Fsp3) is 0.318. The van der Waals surface area contributed by atoms with E-state index in [1.165, 1.54) is 16.5 Å². The highest BCUT2D eigenvalue weighted by atomic mass is 32.2. The summed E-state index contributed by atoms with van der Waals surface area (Å²) in [5.41, 5.74) is 5.25. The van der Waals surface area contributed by atoms with E-state index in [1.54, 1.807) is 11.3 Å². The standard InChI is InChI=1S/C22H24N4OS2/c1-5-18(21(27)23-15-11-13(3)7-8-14(15)4)29-22-17-12-19-16(9-10-28-19)26(17)20(6-2)24-25-22/h7-12,18H,5-6H2,1-4H3,(H,23,27)/t18-/m0/s1. The van der Waals surface area contributed by atoms with Gasteiger partial charge in [0.15, 0.2) is 0 Å². The van der Waals surface area contributed by atoms with Gasteiger partial charge in [0, 0.05) is 12.1 Å². The lowest BCUT2D eigenvalue weighted by Gasteiger charge is -2.16. The first kappa shape index (κ1) is 19.9. The molecule has 1 atom stereocenters. The van der Waals surface area contributed by atoms with E-state index < -0.39 is 0 Å². The molecule has 150 valence electrons. The van der Waals surface area contributed by atoms with Crippen molar-refractivity contribution in [1.82, 2.24) is 14.6 Å². The Hall–Kier alpha value is -2.38. The third-order valence-electron chi connectivity index (χ3n) is 5.04. The first-order valence-electron chi connectivity index (χ1n) is 9.80. The van der Waals surface area contributed by atoms with Crippen molar-refractivity contribution < 1.29 is 4.79 Å². The Bertz CT molecular complexity index is 1190. The SMILES string of the molecule is CCc1nnc(S[C@@H](CC)C(=O)Nc2cc(C)ccc2C)c2cc3sccc3n12. The van der Waals surface area contributed by atoms with Crippen molar-refractivity contribution in [2.24, 2.45) is 0 Å². The number of aromatic nitrogens is 3. The molecule has 0 saturated heterocycles. The highest BCUT2D eigenvalue weighted by molar-refractivity contribution is 8.00. The molecule has 0 aliphatic heterocycles. The minimum atomic E-state index is -0.242. The van der Waals surface area contributed by atoms with Gasteiger partial charge in [0.25, 0.3) is 0 Å². The minimum Gasteiger partial charge on any atom is -0.325 e. The number of thioether (sulfide) groups is 1. The van der Waals surface area contributed by atoms with Gasteiger partial charge < -0.3 is 5.32 Å². The van der Waals surface area contributed by atoms with E-state index in [2.05, 4.69) is 50.4 Å². The normalized spacial score (nSPS) is 12.6. The summed E-state index contributed by atoms with van der Waals surface area (Å²) < 4.78 is 3.39. The second-order valence-corrected chi connectivity index (χ2v) is 9.27. The summed E-state index contributed by atoms with van der Waals surface area (Å²) >= 11 is 3.20. The molecule has 1 aromatic carbocycles. The summed E-state index contributed by atoms with van der Waals surface area (Å²) in [5, 5.41) is 14.7. The van der Waals surface area contributed by atoms with Gasteiger partial charge in [0.05, 0.1) is 21.0 Å². The van der Waals surface area contributed by atoms with Crippen molar-refractivity contribution in [2.75, 3.05) is 5.32 Å². The summed E-state index contributed by atoms with van der Waals surface area (Å²) in [4.78, 5) is 13.0. The third kappa shape index (κ3) is 3.76. The van der Waals surface area contributed by atoms with Crippen LogP contribution >= 0.6 is 23.1 Å². The highest BCUT2D eigenvalue weighted by Crippen LogP contribution is 2.34. The molecule has 1 amide bonds. The van der Waals surface area contributed by atoms with Gasteiger partial charge in [0.1, 0.15) is 10.9 Å². The third-order valence-corrected chi connectivity index (χ3v) is 7.24. The van der Waals surface area contributed by atoms with Gasteiger partial charge in [-0.3, -0.25) is 9.20 Å². The van der Waals surface area contributed by atoms with Crippen molar-refractivity contribution in [2.45, 2.75) is 50.8 Å². The number of aryl methyl sites for hydroxylation is 3. The molecular weight excluding hydrogens is 400 g/mol. The maximum Gasteiger partial charge on any atom is 0.237 e. The van der Waals surface area contributed by atoms with Gasteiger partial charge in [-0.25, -0.2) is 0 Å².